The number of hydrogen-bond acceptors (Lipinski definition) is 6. The highest BCUT2D eigenvalue weighted by atomic mass is 35.5. The molecule has 0 amide bonds. The van der Waals surface area contributed by atoms with Gasteiger partial charge in [-0.3, -0.25) is 19.9 Å². The molecule has 0 spiro atoms. The number of benzene rings is 1. The largest absolute Gasteiger partial charge is 0.460 e. The number of hydrogen-bond donors (Lipinski definition) is 1. The molecule has 0 aliphatic carbocycles. The Hall–Kier alpha value is -1.93. The zero-order valence-corrected chi connectivity index (χ0v) is 16.0. The Balaban J connectivity index is 0.00000210. The third-order valence-electron chi connectivity index (χ3n) is 5.30. The summed E-state index contributed by atoms with van der Waals surface area (Å²) in [6.07, 6.45) is 1.21. The van der Waals surface area contributed by atoms with Crippen molar-refractivity contribution in [2.45, 2.75) is 19.0 Å². The number of likely N-dealkylation sites (tertiary alicyclic amines) is 1. The molecule has 7 nitrogen and oxygen atoms in total. The van der Waals surface area contributed by atoms with E-state index in [-0.39, 0.29) is 23.0 Å². The summed E-state index contributed by atoms with van der Waals surface area (Å²) in [5.41, 5.74) is 0.824. The van der Waals surface area contributed by atoms with E-state index in [1.165, 1.54) is 12.5 Å². The number of nitro groups is 1. The van der Waals surface area contributed by atoms with Crippen molar-refractivity contribution in [3.05, 3.63) is 52.3 Å². The minimum Gasteiger partial charge on any atom is -0.460 e. The van der Waals surface area contributed by atoms with Crippen molar-refractivity contribution in [2.24, 2.45) is 0 Å². The molecule has 0 saturated carbocycles. The Morgan fingerprint density at radius 3 is 2.78 bits per heavy atom. The molecule has 27 heavy (non-hydrogen) atoms. The van der Waals surface area contributed by atoms with Crippen LogP contribution in [0.4, 0.5) is 5.69 Å². The van der Waals surface area contributed by atoms with Crippen molar-refractivity contribution in [3.8, 4) is 11.3 Å². The molecule has 2 fully saturated rings. The molecule has 1 unspecified atom stereocenters. The van der Waals surface area contributed by atoms with Crippen LogP contribution in [0.25, 0.3) is 11.3 Å². The van der Waals surface area contributed by atoms with Crippen LogP contribution in [-0.2, 0) is 6.54 Å². The number of furan rings is 1. The summed E-state index contributed by atoms with van der Waals surface area (Å²) in [4.78, 5) is 15.6. The van der Waals surface area contributed by atoms with E-state index in [1.807, 2.05) is 18.2 Å². The van der Waals surface area contributed by atoms with E-state index in [0.717, 1.165) is 57.1 Å². The summed E-state index contributed by atoms with van der Waals surface area (Å²) in [7, 11) is 0. The van der Waals surface area contributed by atoms with Crippen LogP contribution in [0.3, 0.4) is 0 Å². The van der Waals surface area contributed by atoms with Gasteiger partial charge in [0.05, 0.1) is 11.5 Å². The van der Waals surface area contributed by atoms with Crippen molar-refractivity contribution in [1.29, 1.82) is 0 Å². The van der Waals surface area contributed by atoms with Crippen molar-refractivity contribution in [1.82, 2.24) is 15.1 Å². The minimum absolute atomic E-state index is 0. The second-order valence-corrected chi connectivity index (χ2v) is 7.04. The average Bonchev–Trinajstić information content (AvgIpc) is 3.33. The molecule has 0 bridgehead atoms. The molecule has 2 aromatic rings. The van der Waals surface area contributed by atoms with E-state index in [4.69, 9.17) is 4.42 Å². The maximum Gasteiger partial charge on any atom is 0.270 e. The smallest absolute Gasteiger partial charge is 0.270 e. The second kappa shape index (κ2) is 8.84. The highest BCUT2D eigenvalue weighted by molar-refractivity contribution is 5.85. The van der Waals surface area contributed by atoms with Gasteiger partial charge in [0, 0.05) is 63.0 Å². The molecule has 2 aliphatic heterocycles. The predicted molar refractivity (Wildman–Crippen MR) is 106 cm³/mol. The molecular formula is C19H25ClN4O3. The standard InChI is InChI=1S/C19H24N4O3.ClH/c24-23(25)16-3-1-2-15(12-16)19-5-4-18(26-19)14-21-9-6-17(13-21)22-10-7-20-8-11-22;/h1-5,12,17,20H,6-11,13-14H2;1H. The molecule has 2 aliphatic rings. The van der Waals surface area contributed by atoms with Gasteiger partial charge < -0.3 is 9.73 Å². The van der Waals surface area contributed by atoms with E-state index >= 15 is 0 Å². The zero-order chi connectivity index (χ0) is 17.9. The Morgan fingerprint density at radius 2 is 2.00 bits per heavy atom. The lowest BCUT2D eigenvalue weighted by atomic mass is 10.1. The SMILES string of the molecule is Cl.O=[N+]([O-])c1cccc(-c2ccc(CN3CCC(N4CCNCC4)C3)o2)c1. The lowest BCUT2D eigenvalue weighted by Gasteiger charge is -2.32. The van der Waals surface area contributed by atoms with Gasteiger partial charge in [-0.15, -0.1) is 12.4 Å². The van der Waals surface area contributed by atoms with Gasteiger partial charge in [-0.2, -0.15) is 0 Å². The monoisotopic (exact) mass is 392 g/mol. The number of nitrogens with one attached hydrogen (secondary N) is 1. The van der Waals surface area contributed by atoms with Crippen LogP contribution >= 0.6 is 12.4 Å². The van der Waals surface area contributed by atoms with Crippen molar-refractivity contribution in [3.63, 3.8) is 0 Å². The maximum atomic E-state index is 10.9. The first kappa shape index (κ1) is 19.8. The highest BCUT2D eigenvalue weighted by Gasteiger charge is 2.28. The number of non-ortho nitro benzene ring substituents is 1. The highest BCUT2D eigenvalue weighted by Crippen LogP contribution is 2.27. The summed E-state index contributed by atoms with van der Waals surface area (Å²) in [6.45, 7) is 7.39. The second-order valence-electron chi connectivity index (χ2n) is 7.04. The Kier molecular flexibility index (Phi) is 6.49. The number of halogens is 1. The lowest BCUT2D eigenvalue weighted by Crippen LogP contribution is -2.49. The minimum atomic E-state index is -0.381. The summed E-state index contributed by atoms with van der Waals surface area (Å²) >= 11 is 0. The van der Waals surface area contributed by atoms with Gasteiger partial charge in [0.1, 0.15) is 11.5 Å². The van der Waals surface area contributed by atoms with Crippen LogP contribution in [0, 0.1) is 10.1 Å². The molecule has 4 rings (SSSR count). The van der Waals surface area contributed by atoms with Crippen LogP contribution in [-0.4, -0.2) is 60.0 Å². The molecular weight excluding hydrogens is 368 g/mol. The summed E-state index contributed by atoms with van der Waals surface area (Å²) < 4.78 is 5.96. The lowest BCUT2D eigenvalue weighted by molar-refractivity contribution is -0.384. The first-order valence-electron chi connectivity index (χ1n) is 9.20. The Morgan fingerprint density at radius 1 is 1.19 bits per heavy atom. The van der Waals surface area contributed by atoms with Crippen molar-refractivity contribution >= 4 is 18.1 Å². The third kappa shape index (κ3) is 4.68. The third-order valence-corrected chi connectivity index (χ3v) is 5.30. The molecule has 1 aromatic carbocycles. The first-order chi connectivity index (χ1) is 12.7. The quantitative estimate of drug-likeness (QED) is 0.623. The molecule has 8 heteroatoms. The molecule has 1 atom stereocenters. The average molecular weight is 393 g/mol. The van der Waals surface area contributed by atoms with E-state index in [2.05, 4.69) is 15.1 Å². The van der Waals surface area contributed by atoms with Gasteiger partial charge in [0.25, 0.3) is 5.69 Å². The summed E-state index contributed by atoms with van der Waals surface area (Å²) in [6, 6.07) is 11.1. The zero-order valence-electron chi connectivity index (χ0n) is 15.2. The molecule has 2 saturated heterocycles. The first-order valence-corrected chi connectivity index (χ1v) is 9.20. The van der Waals surface area contributed by atoms with Crippen LogP contribution in [0.15, 0.2) is 40.8 Å². The van der Waals surface area contributed by atoms with Crippen LogP contribution in [0.1, 0.15) is 12.2 Å². The van der Waals surface area contributed by atoms with Crippen LogP contribution in [0.5, 0.6) is 0 Å². The fraction of sp³-hybridized carbons (Fsp3) is 0.474. The predicted octanol–water partition coefficient (Wildman–Crippen LogP) is 2.76. The van der Waals surface area contributed by atoms with E-state index < -0.39 is 0 Å². The van der Waals surface area contributed by atoms with E-state index in [1.54, 1.807) is 12.1 Å². The van der Waals surface area contributed by atoms with E-state index in [9.17, 15) is 10.1 Å². The fourth-order valence-corrected chi connectivity index (χ4v) is 3.91. The summed E-state index contributed by atoms with van der Waals surface area (Å²) in [5, 5.41) is 14.3. The molecule has 3 heterocycles. The fourth-order valence-electron chi connectivity index (χ4n) is 3.91. The number of nitro benzene ring substituents is 1. The van der Waals surface area contributed by atoms with Gasteiger partial charge in [-0.25, -0.2) is 0 Å². The maximum absolute atomic E-state index is 10.9. The molecule has 1 aromatic heterocycles. The van der Waals surface area contributed by atoms with Gasteiger partial charge in [0.2, 0.25) is 0 Å². The summed E-state index contributed by atoms with van der Waals surface area (Å²) in [5.74, 6) is 1.59. The number of nitrogens with zero attached hydrogens (tertiary/aromatic N) is 3. The molecule has 1 N–H and O–H groups in total. The number of piperazine rings is 1. The topological polar surface area (TPSA) is 74.8 Å². The van der Waals surface area contributed by atoms with Gasteiger partial charge >= 0.3 is 0 Å². The molecule has 146 valence electrons. The van der Waals surface area contributed by atoms with Crippen LogP contribution < -0.4 is 5.32 Å². The Bertz CT molecular complexity index is 776. The molecule has 0 radical (unpaired) electrons. The van der Waals surface area contributed by atoms with Gasteiger partial charge in [-0.1, -0.05) is 12.1 Å². The van der Waals surface area contributed by atoms with Gasteiger partial charge in [0.15, 0.2) is 0 Å². The van der Waals surface area contributed by atoms with Crippen LogP contribution in [0.2, 0.25) is 0 Å². The van der Waals surface area contributed by atoms with Crippen molar-refractivity contribution in [2.75, 3.05) is 39.3 Å². The van der Waals surface area contributed by atoms with Gasteiger partial charge in [-0.05, 0) is 18.6 Å². The van der Waals surface area contributed by atoms with E-state index in [0.29, 0.717) is 11.8 Å². The Labute approximate surface area is 164 Å². The normalized spacial score (nSPS) is 21.1. The number of rotatable bonds is 5. The van der Waals surface area contributed by atoms with Crippen molar-refractivity contribution < 1.29 is 9.34 Å².